The van der Waals surface area contributed by atoms with Crippen molar-refractivity contribution in [3.05, 3.63) is 162 Å². The van der Waals surface area contributed by atoms with Crippen molar-refractivity contribution in [3.63, 3.8) is 0 Å². The molecule has 0 saturated carbocycles. The number of imidazole rings is 1. The van der Waals surface area contributed by atoms with Gasteiger partial charge in [0.1, 0.15) is 11.5 Å². The van der Waals surface area contributed by atoms with E-state index in [1.165, 1.54) is 15.3 Å². The highest BCUT2D eigenvalue weighted by molar-refractivity contribution is 8.24. The van der Waals surface area contributed by atoms with E-state index < -0.39 is 17.1 Å². The molecule has 1 atom stereocenters. The fourth-order valence-electron chi connectivity index (χ4n) is 6.87. The molecule has 0 radical (unpaired) electrons. The lowest BCUT2D eigenvalue weighted by atomic mass is 9.97. The van der Waals surface area contributed by atoms with Gasteiger partial charge in [-0.25, -0.2) is 19.3 Å². The smallest absolute Gasteiger partial charge is 0.351 e. The van der Waals surface area contributed by atoms with Gasteiger partial charge in [0.2, 0.25) is 5.28 Å². The Balaban J connectivity index is 0.000000145. The summed E-state index contributed by atoms with van der Waals surface area (Å²) >= 11 is 20.3. The number of rotatable bonds is 4. The van der Waals surface area contributed by atoms with E-state index in [4.69, 9.17) is 11.6 Å². The number of halogens is 4. The van der Waals surface area contributed by atoms with Crippen molar-refractivity contribution in [1.29, 1.82) is 0 Å². The highest BCUT2D eigenvalue weighted by atomic mass is 36.0. The van der Waals surface area contributed by atoms with Crippen LogP contribution in [-0.4, -0.2) is 45.5 Å². The molecule has 11 nitrogen and oxygen atoms in total. The van der Waals surface area contributed by atoms with E-state index in [-0.39, 0.29) is 6.54 Å². The largest absolute Gasteiger partial charge is 0.371 e. The second-order valence-corrected chi connectivity index (χ2v) is 19.9. The number of anilines is 1. The maximum atomic E-state index is 12.5. The zero-order valence-electron chi connectivity index (χ0n) is 30.0. The lowest BCUT2D eigenvalue weighted by molar-refractivity contribution is 0.127. The van der Waals surface area contributed by atoms with Crippen LogP contribution in [0.5, 0.6) is 0 Å². The Hall–Kier alpha value is -5.65. The van der Waals surface area contributed by atoms with Crippen LogP contribution in [0.4, 0.5) is 5.82 Å². The van der Waals surface area contributed by atoms with Crippen LogP contribution in [0.3, 0.4) is 0 Å². The minimum atomic E-state index is -3.22. The number of hydrogen-bond acceptors (Lipinski definition) is 9. The first-order chi connectivity index (χ1) is 28.0. The molecule has 16 heteroatoms. The van der Waals surface area contributed by atoms with Crippen LogP contribution >= 0.6 is 50.5 Å². The van der Waals surface area contributed by atoms with Gasteiger partial charge in [-0.3, -0.25) is 18.9 Å². The average Bonchev–Trinajstić information content (AvgIpc) is 3.89. The summed E-state index contributed by atoms with van der Waals surface area (Å²) in [6, 6.07) is 36.5. The van der Waals surface area contributed by atoms with E-state index in [9.17, 15) is 14.5 Å². The molecule has 288 valence electrons. The van der Waals surface area contributed by atoms with Crippen molar-refractivity contribution in [3.8, 4) is 44.8 Å². The van der Waals surface area contributed by atoms with E-state index in [2.05, 4.69) is 119 Å². The molecule has 1 unspecified atom stereocenters. The second kappa shape index (κ2) is 16.7. The van der Waals surface area contributed by atoms with Gasteiger partial charge in [0, 0.05) is 53.9 Å². The summed E-state index contributed by atoms with van der Waals surface area (Å²) in [6.07, 6.45) is 9.50. The third-order valence-electron chi connectivity index (χ3n) is 9.37. The molecule has 58 heavy (non-hydrogen) atoms. The molecule has 0 amide bonds. The maximum Gasteiger partial charge on any atom is 0.351 e. The molecular weight excluding hydrogens is 837 g/mol. The van der Waals surface area contributed by atoms with Gasteiger partial charge >= 0.3 is 10.9 Å². The Morgan fingerprint density at radius 1 is 0.655 bits per heavy atom. The number of nitrogens with one attached hydrogen (secondary N) is 1. The molecule has 0 saturated heterocycles. The number of β-amino-alcohol motifs (C(OH)–C–C–N with tert-alkyl or cyclic N) is 1. The van der Waals surface area contributed by atoms with Crippen LogP contribution in [0.2, 0.25) is 5.28 Å². The minimum absolute atomic E-state index is 0.275. The van der Waals surface area contributed by atoms with Gasteiger partial charge in [0.15, 0.2) is 6.23 Å². The summed E-state index contributed by atoms with van der Waals surface area (Å²) in [7, 11) is 0. The summed E-state index contributed by atoms with van der Waals surface area (Å²) in [5, 5.41) is 15.2. The minimum Gasteiger partial charge on any atom is -0.371 e. The number of pyridine rings is 2. The van der Waals surface area contributed by atoms with E-state index in [0.29, 0.717) is 16.8 Å². The molecular formula is C42H29Cl4N8O3P. The molecule has 6 heterocycles. The Bertz CT molecular complexity index is 3050. The van der Waals surface area contributed by atoms with Crippen LogP contribution in [-0.2, 0) is 4.57 Å². The first kappa shape index (κ1) is 39.2. The number of nitrogens with zero attached hydrogens (tertiary/aromatic N) is 7. The predicted molar refractivity (Wildman–Crippen MR) is 234 cm³/mol. The number of benzene rings is 4. The Morgan fingerprint density at radius 2 is 1.16 bits per heavy atom. The third kappa shape index (κ3) is 8.33. The molecule has 10 rings (SSSR count). The Morgan fingerprint density at radius 3 is 1.71 bits per heavy atom. The number of aromatic nitrogens is 7. The topological polar surface area (TPSA) is 140 Å². The summed E-state index contributed by atoms with van der Waals surface area (Å²) in [4.78, 5) is 34.2. The second-order valence-electron chi connectivity index (χ2n) is 12.9. The summed E-state index contributed by atoms with van der Waals surface area (Å²) in [5.74, 6) is 0.588. The summed E-state index contributed by atoms with van der Waals surface area (Å²) in [6.45, 7) is 0.275. The fraction of sp³-hybridized carbons (Fsp3) is 0.0476. The number of aliphatic hydroxyl groups excluding tert-OH is 1. The van der Waals surface area contributed by atoms with Crippen molar-refractivity contribution in [1.82, 2.24) is 33.9 Å². The zero-order chi connectivity index (χ0) is 40.4. The van der Waals surface area contributed by atoms with Gasteiger partial charge in [-0.1, -0.05) is 72.8 Å². The van der Waals surface area contributed by atoms with Gasteiger partial charge in [-0.05, 0) is 114 Å². The number of hydrogen-bond donors (Lipinski definition) is 2. The molecule has 0 fully saturated rings. The summed E-state index contributed by atoms with van der Waals surface area (Å²) in [5.41, 5.74) is 7.17. The Kier molecular flexibility index (Phi) is 11.3. The Labute approximate surface area is 350 Å². The normalized spacial score (nSPS) is 13.3. The van der Waals surface area contributed by atoms with Gasteiger partial charge in [-0.2, -0.15) is 4.98 Å². The van der Waals surface area contributed by atoms with Crippen molar-refractivity contribution < 1.29 is 9.67 Å². The highest BCUT2D eigenvalue weighted by Crippen LogP contribution is 2.61. The monoisotopic (exact) mass is 864 g/mol. The predicted octanol–water partition coefficient (Wildman–Crippen LogP) is 11.1. The zero-order valence-corrected chi connectivity index (χ0v) is 33.9. The molecule has 0 bridgehead atoms. The van der Waals surface area contributed by atoms with E-state index >= 15 is 0 Å². The van der Waals surface area contributed by atoms with Crippen molar-refractivity contribution >= 4 is 83.5 Å². The van der Waals surface area contributed by atoms with Crippen LogP contribution in [0.25, 0.3) is 72.0 Å². The first-order valence-electron chi connectivity index (χ1n) is 17.6. The van der Waals surface area contributed by atoms with Crippen LogP contribution < -0.4 is 11.0 Å². The molecule has 0 spiro atoms. The van der Waals surface area contributed by atoms with Crippen LogP contribution in [0.1, 0.15) is 6.23 Å². The average molecular weight is 867 g/mol. The number of fused-ring (bicyclic) bond motifs is 4. The highest BCUT2D eigenvalue weighted by Gasteiger charge is 2.28. The molecule has 1 aliphatic rings. The maximum absolute atomic E-state index is 12.5. The first-order valence-corrected chi connectivity index (χ1v) is 22.4. The van der Waals surface area contributed by atoms with Gasteiger partial charge < -0.3 is 10.4 Å². The quantitative estimate of drug-likeness (QED) is 0.131. The third-order valence-corrected chi connectivity index (χ3v) is 9.63. The number of aliphatic hydroxyl groups is 1. The van der Waals surface area contributed by atoms with Gasteiger partial charge in [0.05, 0.1) is 23.5 Å². The van der Waals surface area contributed by atoms with Crippen molar-refractivity contribution in [2.24, 2.45) is 0 Å². The van der Waals surface area contributed by atoms with E-state index in [1.54, 1.807) is 35.4 Å². The summed E-state index contributed by atoms with van der Waals surface area (Å²) < 4.78 is 12.6. The van der Waals surface area contributed by atoms with E-state index in [1.807, 2.05) is 60.8 Å². The molecule has 9 aromatic rings. The SMILES string of the molecule is Clc1nc(-c2ccncc2)c(-c2ccc3ccccc3c2)c2nccn12.O=P(Cl)(Cl)Cl.O=c1nc(-c2ccncc2)c(-c2ccc3ccccc3c2)c2n1C(O)CN2. The van der Waals surface area contributed by atoms with Crippen LogP contribution in [0.15, 0.2) is 151 Å². The molecule has 0 aliphatic carbocycles. The molecule has 2 N–H and O–H groups in total. The lowest BCUT2D eigenvalue weighted by Gasteiger charge is -2.15. The van der Waals surface area contributed by atoms with Crippen LogP contribution in [0, 0.1) is 0 Å². The molecule has 1 aliphatic heterocycles. The van der Waals surface area contributed by atoms with Gasteiger partial charge in [-0.15, -0.1) is 0 Å². The van der Waals surface area contributed by atoms with Crippen molar-refractivity contribution in [2.75, 3.05) is 11.9 Å². The van der Waals surface area contributed by atoms with Crippen molar-refractivity contribution in [2.45, 2.75) is 6.23 Å². The lowest BCUT2D eigenvalue weighted by Crippen LogP contribution is -2.25. The standard InChI is InChI=1S/C21H13ClN4.C21H16N4O2.Cl3OP/c22-21-25-19(15-7-9-23-10-8-15)18(20-24-11-12-26(20)21)17-6-5-14-3-1-2-4-16(14)13-17;26-17-12-23-20-18(16-6-5-13-3-1-2-4-15(13)11-16)19(24-21(27)25(17)20)14-7-9-22-10-8-14;1-5(2,3)4/h1-13H;1-11,17,23,26H,12H2;. The molecule has 4 aromatic carbocycles. The molecule has 5 aromatic heterocycles. The van der Waals surface area contributed by atoms with Gasteiger partial charge in [0.25, 0.3) is 0 Å². The van der Waals surface area contributed by atoms with E-state index in [0.717, 1.165) is 55.5 Å². The fourth-order valence-corrected chi connectivity index (χ4v) is 7.10.